The largest absolute Gasteiger partial charge is 0.355 e. The molecule has 0 radical (unpaired) electrons. The molecule has 4 heteroatoms. The van der Waals surface area contributed by atoms with Gasteiger partial charge in [0.2, 0.25) is 5.91 Å². The molecular weight excluding hydrogens is 202 g/mol. The van der Waals surface area contributed by atoms with Crippen LogP contribution in [-0.2, 0) is 4.79 Å². The molecule has 4 nitrogen and oxygen atoms in total. The number of carbonyl (C=O) groups is 1. The average Bonchev–Trinajstić information content (AvgIpc) is 2.29. The molecule has 0 aromatic carbocycles. The standard InChI is InChI=1S/C12H25N3O/c1-4-15(3)9-8-14-12(16)11-6-5-7-13-10(11)2/h10-11,13H,4-9H2,1-3H3,(H,14,16). The fraction of sp³-hybridized carbons (Fsp3) is 0.917. The summed E-state index contributed by atoms with van der Waals surface area (Å²) in [6.45, 7) is 7.97. The highest BCUT2D eigenvalue weighted by atomic mass is 16.1. The lowest BCUT2D eigenvalue weighted by Crippen LogP contribution is -2.47. The quantitative estimate of drug-likeness (QED) is 0.716. The summed E-state index contributed by atoms with van der Waals surface area (Å²) in [4.78, 5) is 14.1. The van der Waals surface area contributed by atoms with Gasteiger partial charge < -0.3 is 15.5 Å². The van der Waals surface area contributed by atoms with Crippen LogP contribution in [0.15, 0.2) is 0 Å². The summed E-state index contributed by atoms with van der Waals surface area (Å²) in [6, 6.07) is 0.317. The zero-order chi connectivity index (χ0) is 12.0. The Bertz CT molecular complexity index is 220. The third-order valence-corrected chi connectivity index (χ3v) is 3.43. The number of piperidine rings is 1. The summed E-state index contributed by atoms with van der Waals surface area (Å²) in [7, 11) is 2.07. The minimum absolute atomic E-state index is 0.153. The topological polar surface area (TPSA) is 44.4 Å². The molecule has 1 rings (SSSR count). The van der Waals surface area contributed by atoms with Crippen LogP contribution in [-0.4, -0.2) is 50.1 Å². The Hall–Kier alpha value is -0.610. The van der Waals surface area contributed by atoms with Crippen LogP contribution in [0, 0.1) is 5.92 Å². The summed E-state index contributed by atoms with van der Waals surface area (Å²) < 4.78 is 0. The Morgan fingerprint density at radius 3 is 2.94 bits per heavy atom. The molecule has 2 unspecified atom stereocenters. The van der Waals surface area contributed by atoms with Crippen molar-refractivity contribution in [2.45, 2.75) is 32.7 Å². The molecule has 1 aliphatic rings. The zero-order valence-electron chi connectivity index (χ0n) is 10.8. The number of nitrogens with one attached hydrogen (secondary N) is 2. The number of rotatable bonds is 5. The summed E-state index contributed by atoms with van der Waals surface area (Å²) >= 11 is 0. The number of likely N-dealkylation sites (N-methyl/N-ethyl adjacent to an activating group) is 1. The normalized spacial score (nSPS) is 25.8. The van der Waals surface area contributed by atoms with Gasteiger partial charge in [-0.3, -0.25) is 4.79 Å². The van der Waals surface area contributed by atoms with Crippen molar-refractivity contribution >= 4 is 5.91 Å². The van der Waals surface area contributed by atoms with Gasteiger partial charge in [-0.25, -0.2) is 0 Å². The maximum absolute atomic E-state index is 11.9. The maximum Gasteiger partial charge on any atom is 0.224 e. The minimum atomic E-state index is 0.153. The SMILES string of the molecule is CCN(C)CCNC(=O)C1CCCNC1C. The van der Waals surface area contributed by atoms with E-state index in [-0.39, 0.29) is 11.8 Å². The summed E-state index contributed by atoms with van der Waals surface area (Å²) in [5, 5.41) is 6.38. The minimum Gasteiger partial charge on any atom is -0.355 e. The molecule has 2 atom stereocenters. The Morgan fingerprint density at radius 1 is 1.56 bits per heavy atom. The Kier molecular flexibility index (Phi) is 5.77. The smallest absolute Gasteiger partial charge is 0.224 e. The molecule has 0 aromatic rings. The van der Waals surface area contributed by atoms with Crippen LogP contribution in [0.1, 0.15) is 26.7 Å². The second kappa shape index (κ2) is 6.86. The Balaban J connectivity index is 2.23. The van der Waals surface area contributed by atoms with E-state index in [0.29, 0.717) is 6.04 Å². The Morgan fingerprint density at radius 2 is 2.31 bits per heavy atom. The van der Waals surface area contributed by atoms with Crippen LogP contribution in [0.25, 0.3) is 0 Å². The van der Waals surface area contributed by atoms with E-state index in [0.717, 1.165) is 39.0 Å². The van der Waals surface area contributed by atoms with Gasteiger partial charge in [0.25, 0.3) is 0 Å². The lowest BCUT2D eigenvalue weighted by Gasteiger charge is -2.29. The van der Waals surface area contributed by atoms with Gasteiger partial charge in [-0.15, -0.1) is 0 Å². The molecule has 1 fully saturated rings. The predicted octanol–water partition coefficient (Wildman–Crippen LogP) is 0.442. The summed E-state index contributed by atoms with van der Waals surface area (Å²) in [5.41, 5.74) is 0. The summed E-state index contributed by atoms with van der Waals surface area (Å²) in [5.74, 6) is 0.366. The zero-order valence-corrected chi connectivity index (χ0v) is 10.8. The van der Waals surface area contributed by atoms with Crippen LogP contribution in [0.2, 0.25) is 0 Å². The second-order valence-corrected chi connectivity index (χ2v) is 4.68. The molecule has 0 bridgehead atoms. The molecule has 2 N–H and O–H groups in total. The van der Waals surface area contributed by atoms with Crippen LogP contribution in [0.4, 0.5) is 0 Å². The van der Waals surface area contributed by atoms with Gasteiger partial charge in [0.15, 0.2) is 0 Å². The number of nitrogens with zero attached hydrogens (tertiary/aromatic N) is 1. The van der Waals surface area contributed by atoms with Crippen LogP contribution >= 0.6 is 0 Å². The van der Waals surface area contributed by atoms with Crippen molar-refractivity contribution in [3.63, 3.8) is 0 Å². The summed E-state index contributed by atoms with van der Waals surface area (Å²) in [6.07, 6.45) is 2.13. The van der Waals surface area contributed by atoms with E-state index in [9.17, 15) is 4.79 Å². The first-order valence-electron chi connectivity index (χ1n) is 6.34. The van der Waals surface area contributed by atoms with Gasteiger partial charge in [-0.1, -0.05) is 6.92 Å². The molecule has 1 aliphatic heterocycles. The second-order valence-electron chi connectivity index (χ2n) is 4.68. The molecule has 0 aromatic heterocycles. The Labute approximate surface area is 98.8 Å². The van der Waals surface area contributed by atoms with E-state index in [1.165, 1.54) is 0 Å². The van der Waals surface area contributed by atoms with Crippen LogP contribution < -0.4 is 10.6 Å². The van der Waals surface area contributed by atoms with E-state index >= 15 is 0 Å². The van der Waals surface area contributed by atoms with E-state index in [1.54, 1.807) is 0 Å². The van der Waals surface area contributed by atoms with Gasteiger partial charge in [0.05, 0.1) is 5.92 Å². The molecule has 94 valence electrons. The van der Waals surface area contributed by atoms with E-state index in [1.807, 2.05) is 0 Å². The number of carbonyl (C=O) groups excluding carboxylic acids is 1. The molecule has 0 spiro atoms. The van der Waals surface area contributed by atoms with Crippen molar-refractivity contribution in [2.75, 3.05) is 33.2 Å². The van der Waals surface area contributed by atoms with Gasteiger partial charge in [-0.05, 0) is 39.9 Å². The van der Waals surface area contributed by atoms with E-state index in [2.05, 4.69) is 36.4 Å². The maximum atomic E-state index is 11.9. The predicted molar refractivity (Wildman–Crippen MR) is 66.4 cm³/mol. The number of hydrogen-bond acceptors (Lipinski definition) is 3. The van der Waals surface area contributed by atoms with Crippen LogP contribution in [0.5, 0.6) is 0 Å². The van der Waals surface area contributed by atoms with Gasteiger partial charge in [0.1, 0.15) is 0 Å². The highest BCUT2D eigenvalue weighted by Gasteiger charge is 2.26. The van der Waals surface area contributed by atoms with E-state index < -0.39 is 0 Å². The van der Waals surface area contributed by atoms with Crippen molar-refractivity contribution < 1.29 is 4.79 Å². The number of amides is 1. The lowest BCUT2D eigenvalue weighted by molar-refractivity contribution is -0.126. The molecular formula is C12H25N3O. The molecule has 1 saturated heterocycles. The van der Waals surface area contributed by atoms with Crippen molar-refractivity contribution in [1.82, 2.24) is 15.5 Å². The van der Waals surface area contributed by atoms with Crippen molar-refractivity contribution in [1.29, 1.82) is 0 Å². The fourth-order valence-electron chi connectivity index (χ4n) is 2.06. The monoisotopic (exact) mass is 227 g/mol. The molecule has 16 heavy (non-hydrogen) atoms. The molecule has 0 aliphatic carbocycles. The van der Waals surface area contributed by atoms with Gasteiger partial charge in [0, 0.05) is 19.1 Å². The number of hydrogen-bond donors (Lipinski definition) is 2. The third-order valence-electron chi connectivity index (χ3n) is 3.43. The van der Waals surface area contributed by atoms with Crippen molar-refractivity contribution in [3.8, 4) is 0 Å². The van der Waals surface area contributed by atoms with Crippen LogP contribution in [0.3, 0.4) is 0 Å². The molecule has 0 saturated carbocycles. The fourth-order valence-corrected chi connectivity index (χ4v) is 2.06. The van der Waals surface area contributed by atoms with Crippen molar-refractivity contribution in [2.24, 2.45) is 5.92 Å². The van der Waals surface area contributed by atoms with Gasteiger partial charge in [-0.2, -0.15) is 0 Å². The molecule has 1 amide bonds. The first-order chi connectivity index (χ1) is 7.65. The van der Waals surface area contributed by atoms with E-state index in [4.69, 9.17) is 0 Å². The average molecular weight is 227 g/mol. The first-order valence-corrected chi connectivity index (χ1v) is 6.34. The third kappa shape index (κ3) is 4.10. The van der Waals surface area contributed by atoms with Crippen molar-refractivity contribution in [3.05, 3.63) is 0 Å². The van der Waals surface area contributed by atoms with Gasteiger partial charge >= 0.3 is 0 Å². The molecule has 1 heterocycles. The highest BCUT2D eigenvalue weighted by Crippen LogP contribution is 2.15. The lowest BCUT2D eigenvalue weighted by atomic mass is 9.91. The first kappa shape index (κ1) is 13.5. The highest BCUT2D eigenvalue weighted by molar-refractivity contribution is 5.79.